The molecule has 0 amide bonds. The summed E-state index contributed by atoms with van der Waals surface area (Å²) >= 11 is 0. The van der Waals surface area contributed by atoms with Crippen LogP contribution in [0.25, 0.3) is 5.82 Å². The Bertz CT molecular complexity index is 711. The van der Waals surface area contributed by atoms with Gasteiger partial charge >= 0.3 is 5.69 Å². The van der Waals surface area contributed by atoms with Crippen molar-refractivity contribution in [3.8, 4) is 5.82 Å². The lowest BCUT2D eigenvalue weighted by atomic mass is 10.3. The molecule has 0 bridgehead atoms. The third kappa shape index (κ3) is 2.29. The molecule has 100 valence electrons. The van der Waals surface area contributed by atoms with Gasteiger partial charge in [0, 0.05) is 39.0 Å². The van der Waals surface area contributed by atoms with Crippen LogP contribution in [0, 0.1) is 0 Å². The van der Waals surface area contributed by atoms with Gasteiger partial charge in [-0.15, -0.1) is 0 Å². The van der Waals surface area contributed by atoms with E-state index in [0.717, 1.165) is 10.3 Å². The molecule has 2 heterocycles. The topological polar surface area (TPSA) is 51.1 Å². The van der Waals surface area contributed by atoms with Gasteiger partial charge in [-0.2, -0.15) is 4.57 Å². The van der Waals surface area contributed by atoms with Gasteiger partial charge in [-0.3, -0.25) is 4.79 Å². The average Bonchev–Trinajstić information content (AvgIpc) is 2.40. The van der Waals surface area contributed by atoms with Gasteiger partial charge in [-0.05, 0) is 0 Å². The van der Waals surface area contributed by atoms with Crippen molar-refractivity contribution in [2.75, 3.05) is 19.0 Å². The van der Waals surface area contributed by atoms with E-state index in [0.29, 0.717) is 5.82 Å². The Kier molecular flexibility index (Phi) is 3.25. The van der Waals surface area contributed by atoms with E-state index >= 15 is 0 Å². The van der Waals surface area contributed by atoms with Crippen LogP contribution in [0.3, 0.4) is 0 Å². The highest BCUT2D eigenvalue weighted by Gasteiger charge is 2.15. The molecule has 2 aromatic heterocycles. The normalized spacial score (nSPS) is 10.5. The van der Waals surface area contributed by atoms with Crippen LogP contribution in [0.15, 0.2) is 40.2 Å². The standard InChI is InChI=1S/C13H17N4O2/c1-14(2)10-5-7-17(8-6-10)11-9-12(18)16(4)13(19)15(11)3/h5-9H,1-4H3/q+1. The summed E-state index contributed by atoms with van der Waals surface area (Å²) in [4.78, 5) is 25.5. The van der Waals surface area contributed by atoms with Crippen molar-refractivity contribution in [2.45, 2.75) is 0 Å². The molecule has 0 saturated heterocycles. The molecule has 0 radical (unpaired) electrons. The smallest absolute Gasteiger partial charge is 0.377 e. The second kappa shape index (κ2) is 4.72. The molecule has 2 aromatic rings. The summed E-state index contributed by atoms with van der Waals surface area (Å²) < 4.78 is 4.27. The molecule has 0 atom stereocenters. The zero-order chi connectivity index (χ0) is 14.2. The minimum Gasteiger partial charge on any atom is -0.377 e. The number of aromatic nitrogens is 3. The van der Waals surface area contributed by atoms with Crippen LogP contribution in [0.4, 0.5) is 5.69 Å². The molecule has 0 aromatic carbocycles. The fourth-order valence-electron chi connectivity index (χ4n) is 1.84. The summed E-state index contributed by atoms with van der Waals surface area (Å²) in [6, 6.07) is 5.28. The van der Waals surface area contributed by atoms with Gasteiger partial charge in [0.05, 0.1) is 25.5 Å². The number of rotatable bonds is 2. The molecule has 0 N–H and O–H groups in total. The Morgan fingerprint density at radius 2 is 1.63 bits per heavy atom. The van der Waals surface area contributed by atoms with E-state index in [1.807, 2.05) is 43.5 Å². The Morgan fingerprint density at radius 1 is 1.05 bits per heavy atom. The van der Waals surface area contributed by atoms with Gasteiger partial charge in [0.25, 0.3) is 11.4 Å². The lowest BCUT2D eigenvalue weighted by Gasteiger charge is -2.11. The van der Waals surface area contributed by atoms with E-state index in [4.69, 9.17) is 0 Å². The summed E-state index contributed by atoms with van der Waals surface area (Å²) in [5.74, 6) is 0.540. The van der Waals surface area contributed by atoms with Crippen LogP contribution < -0.4 is 20.7 Å². The molecule has 0 aliphatic heterocycles. The van der Waals surface area contributed by atoms with Crippen LogP contribution in [0.1, 0.15) is 0 Å². The quantitative estimate of drug-likeness (QED) is 0.680. The minimum atomic E-state index is -0.341. The maximum absolute atomic E-state index is 11.9. The predicted molar refractivity (Wildman–Crippen MR) is 72.8 cm³/mol. The number of hydrogen-bond acceptors (Lipinski definition) is 3. The van der Waals surface area contributed by atoms with Crippen LogP contribution in [-0.4, -0.2) is 23.2 Å². The van der Waals surface area contributed by atoms with E-state index in [2.05, 4.69) is 0 Å². The van der Waals surface area contributed by atoms with Crippen molar-refractivity contribution in [2.24, 2.45) is 14.1 Å². The van der Waals surface area contributed by atoms with Crippen molar-refractivity contribution < 1.29 is 4.57 Å². The lowest BCUT2D eigenvalue weighted by Crippen LogP contribution is -2.44. The van der Waals surface area contributed by atoms with E-state index in [-0.39, 0.29) is 11.2 Å². The zero-order valence-electron chi connectivity index (χ0n) is 11.5. The number of anilines is 1. The van der Waals surface area contributed by atoms with E-state index in [9.17, 15) is 9.59 Å². The number of pyridine rings is 1. The number of nitrogens with zero attached hydrogens (tertiary/aromatic N) is 4. The van der Waals surface area contributed by atoms with Crippen molar-refractivity contribution >= 4 is 5.69 Å². The molecule has 0 spiro atoms. The third-order valence-corrected chi connectivity index (χ3v) is 3.09. The summed E-state index contributed by atoms with van der Waals surface area (Å²) in [6.45, 7) is 0. The SMILES string of the molecule is CN(C)c1cc[n+](-c2cc(=O)n(C)c(=O)n2C)cc1. The molecule has 19 heavy (non-hydrogen) atoms. The highest BCUT2D eigenvalue weighted by atomic mass is 16.2. The fourth-order valence-corrected chi connectivity index (χ4v) is 1.84. The van der Waals surface area contributed by atoms with Gasteiger partial charge in [-0.25, -0.2) is 13.9 Å². The first-order chi connectivity index (χ1) is 8.91. The number of hydrogen-bond donors (Lipinski definition) is 0. The van der Waals surface area contributed by atoms with Gasteiger partial charge in [0.2, 0.25) is 0 Å². The molecule has 6 nitrogen and oxygen atoms in total. The second-order valence-electron chi connectivity index (χ2n) is 4.60. The summed E-state index contributed by atoms with van der Waals surface area (Å²) in [5, 5.41) is 0. The lowest BCUT2D eigenvalue weighted by molar-refractivity contribution is -0.601. The van der Waals surface area contributed by atoms with Crippen molar-refractivity contribution in [1.82, 2.24) is 9.13 Å². The summed E-state index contributed by atoms with van der Waals surface area (Å²) in [5.41, 5.74) is 0.388. The minimum absolute atomic E-state index is 0.317. The van der Waals surface area contributed by atoms with Crippen molar-refractivity contribution in [1.29, 1.82) is 0 Å². The van der Waals surface area contributed by atoms with Gasteiger partial charge in [-0.1, -0.05) is 0 Å². The molecule has 0 aliphatic rings. The first kappa shape index (κ1) is 13.1. The molecule has 0 saturated carbocycles. The Labute approximate surface area is 110 Å². The average molecular weight is 261 g/mol. The maximum Gasteiger partial charge on any atom is 0.417 e. The van der Waals surface area contributed by atoms with Gasteiger partial charge in [0.1, 0.15) is 0 Å². The van der Waals surface area contributed by atoms with Crippen molar-refractivity contribution in [3.63, 3.8) is 0 Å². The molecule has 6 heteroatoms. The first-order valence-corrected chi connectivity index (χ1v) is 5.88. The highest BCUT2D eigenvalue weighted by Crippen LogP contribution is 2.06. The summed E-state index contributed by atoms with van der Waals surface area (Å²) in [6.07, 6.45) is 3.65. The van der Waals surface area contributed by atoms with Gasteiger partial charge in [0.15, 0.2) is 0 Å². The van der Waals surface area contributed by atoms with Crippen LogP contribution >= 0.6 is 0 Å². The van der Waals surface area contributed by atoms with Gasteiger partial charge < -0.3 is 4.90 Å². The molecular formula is C13H17N4O2+. The maximum atomic E-state index is 11.9. The molecule has 0 fully saturated rings. The molecule has 2 rings (SSSR count). The monoisotopic (exact) mass is 261 g/mol. The highest BCUT2D eigenvalue weighted by molar-refractivity contribution is 5.41. The second-order valence-corrected chi connectivity index (χ2v) is 4.60. The first-order valence-electron chi connectivity index (χ1n) is 5.88. The largest absolute Gasteiger partial charge is 0.417 e. The van der Waals surface area contributed by atoms with Crippen LogP contribution in [-0.2, 0) is 14.1 Å². The van der Waals surface area contributed by atoms with Crippen molar-refractivity contribution in [3.05, 3.63) is 51.4 Å². The molecular weight excluding hydrogens is 244 g/mol. The molecule has 0 unspecified atom stereocenters. The fraction of sp³-hybridized carbons (Fsp3) is 0.308. The summed E-state index contributed by atoms with van der Waals surface area (Å²) in [7, 11) is 7.01. The van der Waals surface area contributed by atoms with Crippen LogP contribution in [0.5, 0.6) is 0 Å². The van der Waals surface area contributed by atoms with E-state index < -0.39 is 0 Å². The zero-order valence-corrected chi connectivity index (χ0v) is 11.5. The molecule has 0 aliphatic carbocycles. The predicted octanol–water partition coefficient (Wildman–Crippen LogP) is -0.573. The Hall–Kier alpha value is -2.37. The Morgan fingerprint density at radius 3 is 2.16 bits per heavy atom. The van der Waals surface area contributed by atoms with E-state index in [1.165, 1.54) is 17.7 Å². The third-order valence-electron chi connectivity index (χ3n) is 3.09. The Balaban J connectivity index is 2.60. The van der Waals surface area contributed by atoms with E-state index in [1.54, 1.807) is 11.6 Å². The van der Waals surface area contributed by atoms with Crippen LogP contribution in [0.2, 0.25) is 0 Å².